The van der Waals surface area contributed by atoms with Crippen molar-refractivity contribution in [1.82, 2.24) is 14.8 Å². The van der Waals surface area contributed by atoms with Crippen LogP contribution in [0.2, 0.25) is 0 Å². The minimum Gasteiger partial charge on any atom is -0.497 e. The molecule has 0 aliphatic carbocycles. The lowest BCUT2D eigenvalue weighted by Gasteiger charge is -2.28. The fraction of sp³-hybridized carbons (Fsp3) is 0.312. The number of methoxy groups -OCH3 is 2. The molecule has 1 aromatic heterocycles. The maximum Gasteiger partial charge on any atom is 0.416 e. The molecule has 0 atom stereocenters. The van der Waals surface area contributed by atoms with E-state index >= 15 is 0 Å². The van der Waals surface area contributed by atoms with E-state index in [0.29, 0.717) is 43.0 Å². The van der Waals surface area contributed by atoms with Gasteiger partial charge in [-0.2, -0.15) is 13.2 Å². The molecule has 0 aliphatic rings. The Hall–Kier alpha value is -4.51. The summed E-state index contributed by atoms with van der Waals surface area (Å²) in [6.07, 6.45) is -1.55. The Morgan fingerprint density at radius 1 is 0.930 bits per heavy atom. The molecular formula is C32H35F3N4O4. The van der Waals surface area contributed by atoms with Gasteiger partial charge in [0.15, 0.2) is 0 Å². The summed E-state index contributed by atoms with van der Waals surface area (Å²) in [5, 5.41) is 3.85. The number of carbonyl (C=O) groups excluding carboxylic acids is 2. The Labute approximate surface area is 248 Å². The Morgan fingerprint density at radius 3 is 2.42 bits per heavy atom. The number of benzene rings is 3. The van der Waals surface area contributed by atoms with Crippen LogP contribution in [-0.2, 0) is 28.7 Å². The molecule has 0 fully saturated rings. The van der Waals surface area contributed by atoms with Crippen LogP contribution in [0.15, 0.2) is 79.0 Å². The highest BCUT2D eigenvalue weighted by Gasteiger charge is 2.30. The van der Waals surface area contributed by atoms with E-state index in [1.165, 1.54) is 24.1 Å². The van der Waals surface area contributed by atoms with Crippen LogP contribution < -0.4 is 10.1 Å². The highest BCUT2D eigenvalue weighted by Crippen LogP contribution is 2.29. The molecule has 0 bridgehead atoms. The average Bonchev–Trinajstić information content (AvgIpc) is 3.41. The highest BCUT2D eigenvalue weighted by molar-refractivity contribution is 5.92. The number of hydrogen-bond acceptors (Lipinski definition) is 4. The lowest BCUT2D eigenvalue weighted by molar-refractivity contribution is -0.137. The van der Waals surface area contributed by atoms with Crippen molar-refractivity contribution in [1.29, 1.82) is 0 Å². The lowest BCUT2D eigenvalue weighted by atomic mass is 10.1. The molecule has 0 unspecified atom stereocenters. The van der Waals surface area contributed by atoms with Crippen molar-refractivity contribution in [2.45, 2.75) is 25.6 Å². The monoisotopic (exact) mass is 596 g/mol. The van der Waals surface area contributed by atoms with Crippen molar-refractivity contribution >= 4 is 28.5 Å². The fourth-order valence-corrected chi connectivity index (χ4v) is 4.72. The second-order valence-corrected chi connectivity index (χ2v) is 10.0. The van der Waals surface area contributed by atoms with Gasteiger partial charge in [-0.15, -0.1) is 0 Å². The van der Waals surface area contributed by atoms with E-state index in [-0.39, 0.29) is 25.5 Å². The number of carbonyl (C=O) groups is 2. The molecule has 0 aliphatic heterocycles. The van der Waals surface area contributed by atoms with E-state index in [2.05, 4.69) is 10.3 Å². The molecule has 4 rings (SSSR count). The number of nitrogens with zero attached hydrogens (tertiary/aromatic N) is 2. The zero-order valence-electron chi connectivity index (χ0n) is 24.1. The summed E-state index contributed by atoms with van der Waals surface area (Å²) >= 11 is 0. The standard InChI is InChI=1S/C32H35F3N4O4/c1-42-18-6-16-39(31(41)37-26-7-5-8-27(19-26)43-2)22-30(40)38(21-23-11-13-25(14-12-23)32(33,34)35)17-15-24-20-36-29-10-4-3-9-28(24)29/h3-5,7-14,19-20,36H,6,15-18,21-22H2,1-2H3,(H,37,41). The van der Waals surface area contributed by atoms with Crippen LogP contribution in [0.3, 0.4) is 0 Å². The van der Waals surface area contributed by atoms with E-state index < -0.39 is 17.8 Å². The van der Waals surface area contributed by atoms with E-state index in [1.807, 2.05) is 30.5 Å². The Bertz CT molecular complexity index is 1500. The number of H-pyrrole nitrogens is 1. The third kappa shape index (κ3) is 8.74. The summed E-state index contributed by atoms with van der Waals surface area (Å²) < 4.78 is 49.8. The molecule has 3 amide bonds. The molecule has 3 aromatic carbocycles. The van der Waals surface area contributed by atoms with Gasteiger partial charge in [-0.1, -0.05) is 36.4 Å². The number of aromatic nitrogens is 1. The minimum atomic E-state index is -4.46. The third-order valence-corrected chi connectivity index (χ3v) is 7.04. The zero-order chi connectivity index (χ0) is 30.8. The van der Waals surface area contributed by atoms with Gasteiger partial charge in [-0.3, -0.25) is 4.79 Å². The Kier molecular flexibility index (Phi) is 10.7. The fourth-order valence-electron chi connectivity index (χ4n) is 4.72. The summed E-state index contributed by atoms with van der Waals surface area (Å²) in [4.78, 5) is 33.3. The molecule has 2 N–H and O–H groups in total. The first-order valence-corrected chi connectivity index (χ1v) is 13.9. The average molecular weight is 597 g/mol. The second kappa shape index (κ2) is 14.6. The number of urea groups is 1. The molecule has 0 saturated heterocycles. The molecule has 1 heterocycles. The molecule has 228 valence electrons. The number of anilines is 1. The maximum absolute atomic E-state index is 13.8. The normalized spacial score (nSPS) is 11.4. The molecule has 11 heteroatoms. The van der Waals surface area contributed by atoms with Gasteiger partial charge >= 0.3 is 12.2 Å². The van der Waals surface area contributed by atoms with Crippen molar-refractivity contribution in [3.05, 3.63) is 95.7 Å². The van der Waals surface area contributed by atoms with Gasteiger partial charge in [-0.05, 0) is 54.3 Å². The predicted molar refractivity (Wildman–Crippen MR) is 159 cm³/mol. The van der Waals surface area contributed by atoms with E-state index in [0.717, 1.165) is 28.6 Å². The van der Waals surface area contributed by atoms with Crippen LogP contribution in [0.1, 0.15) is 23.1 Å². The highest BCUT2D eigenvalue weighted by atomic mass is 19.4. The van der Waals surface area contributed by atoms with Gasteiger partial charge in [-0.25, -0.2) is 4.79 Å². The molecule has 4 aromatic rings. The number of fused-ring (bicyclic) bond motifs is 1. The first-order valence-electron chi connectivity index (χ1n) is 13.9. The van der Waals surface area contributed by atoms with Gasteiger partial charge in [0.25, 0.3) is 0 Å². The van der Waals surface area contributed by atoms with E-state index in [1.54, 1.807) is 36.3 Å². The van der Waals surface area contributed by atoms with Crippen LogP contribution in [0.4, 0.5) is 23.7 Å². The first-order chi connectivity index (χ1) is 20.7. The molecule has 0 spiro atoms. The van der Waals surface area contributed by atoms with Gasteiger partial charge in [0.1, 0.15) is 12.3 Å². The summed E-state index contributed by atoms with van der Waals surface area (Å²) in [5.74, 6) is 0.234. The van der Waals surface area contributed by atoms with Crippen LogP contribution in [0.25, 0.3) is 10.9 Å². The second-order valence-electron chi connectivity index (χ2n) is 10.0. The van der Waals surface area contributed by atoms with E-state index in [4.69, 9.17) is 9.47 Å². The summed E-state index contributed by atoms with van der Waals surface area (Å²) in [5.41, 5.74) is 2.28. The van der Waals surface area contributed by atoms with Crippen LogP contribution in [0, 0.1) is 0 Å². The summed E-state index contributed by atoms with van der Waals surface area (Å²) in [7, 11) is 3.08. The largest absolute Gasteiger partial charge is 0.497 e. The topological polar surface area (TPSA) is 86.9 Å². The number of para-hydroxylation sites is 1. The smallest absolute Gasteiger partial charge is 0.416 e. The number of rotatable bonds is 13. The summed E-state index contributed by atoms with van der Waals surface area (Å²) in [6.45, 7) is 0.806. The molecule has 43 heavy (non-hydrogen) atoms. The number of nitrogens with one attached hydrogen (secondary N) is 2. The number of alkyl halides is 3. The quantitative estimate of drug-likeness (QED) is 0.177. The van der Waals surface area contributed by atoms with Gasteiger partial charge < -0.3 is 29.6 Å². The molecular weight excluding hydrogens is 561 g/mol. The predicted octanol–water partition coefficient (Wildman–Crippen LogP) is 6.34. The molecule has 8 nitrogen and oxygen atoms in total. The van der Waals surface area contributed by atoms with Crippen molar-refractivity contribution in [2.24, 2.45) is 0 Å². The van der Waals surface area contributed by atoms with Crippen molar-refractivity contribution < 1.29 is 32.2 Å². The van der Waals surface area contributed by atoms with Gasteiger partial charge in [0.05, 0.1) is 12.7 Å². The summed E-state index contributed by atoms with van der Waals surface area (Å²) in [6, 6.07) is 19.0. The van der Waals surface area contributed by atoms with E-state index in [9.17, 15) is 22.8 Å². The van der Waals surface area contributed by atoms with Crippen molar-refractivity contribution in [3.63, 3.8) is 0 Å². The maximum atomic E-state index is 13.8. The number of ether oxygens (including phenoxy) is 2. The SMILES string of the molecule is COCCCN(CC(=O)N(CCc1c[nH]c2ccccc12)Cc1ccc(C(F)(F)F)cc1)C(=O)Nc1cccc(OC)c1. The van der Waals surface area contributed by atoms with Crippen LogP contribution >= 0.6 is 0 Å². The number of amides is 3. The van der Waals surface area contributed by atoms with Gasteiger partial charge in [0, 0.05) is 62.2 Å². The Balaban J connectivity index is 1.53. The number of halogens is 3. The van der Waals surface area contributed by atoms with Crippen LogP contribution in [0.5, 0.6) is 5.75 Å². The number of aromatic amines is 1. The molecule has 0 saturated carbocycles. The minimum absolute atomic E-state index is 0.0861. The number of hydrogen-bond donors (Lipinski definition) is 2. The first kappa shape index (κ1) is 31.4. The van der Waals surface area contributed by atoms with Crippen molar-refractivity contribution in [2.75, 3.05) is 45.8 Å². The Morgan fingerprint density at radius 2 is 1.70 bits per heavy atom. The van der Waals surface area contributed by atoms with Gasteiger partial charge in [0.2, 0.25) is 5.91 Å². The zero-order valence-corrected chi connectivity index (χ0v) is 24.1. The van der Waals surface area contributed by atoms with Crippen LogP contribution in [-0.4, -0.2) is 67.2 Å². The molecule has 0 radical (unpaired) electrons. The van der Waals surface area contributed by atoms with Crippen molar-refractivity contribution in [3.8, 4) is 5.75 Å². The lowest BCUT2D eigenvalue weighted by Crippen LogP contribution is -2.45. The third-order valence-electron chi connectivity index (χ3n) is 7.04.